The van der Waals surface area contributed by atoms with Gasteiger partial charge >= 0.3 is 11.7 Å². The second kappa shape index (κ2) is 9.63. The number of hydrogen-bond acceptors (Lipinski definition) is 4. The van der Waals surface area contributed by atoms with E-state index in [1.54, 1.807) is 42.5 Å². The average Bonchev–Trinajstić information content (AvgIpc) is 3.15. The average molecular weight is 530 g/mol. The number of imidazole rings is 1. The van der Waals surface area contributed by atoms with Gasteiger partial charge in [-0.15, -0.1) is 0 Å². The minimum absolute atomic E-state index is 0.124. The Bertz CT molecular complexity index is 1540. The summed E-state index contributed by atoms with van der Waals surface area (Å²) in [7, 11) is 1.17. The lowest BCUT2D eigenvalue weighted by atomic mass is 10.1. The zero-order valence-electron chi connectivity index (χ0n) is 19.9. The number of halogens is 4. The molecule has 4 aromatic rings. The molecule has 10 heteroatoms. The fourth-order valence-electron chi connectivity index (χ4n) is 4.68. The third kappa shape index (κ3) is 4.71. The van der Waals surface area contributed by atoms with Crippen LogP contribution in [0.25, 0.3) is 16.7 Å². The standard InChI is InChI=1S/C27H23ClF3N3O3/c1-37-25(35)21-4-2-3-17(24(21)29)16-33-22-10-5-18(28)15-23(22)34(26(33)36)20-8-6-19(7-9-20)32-13-11-27(30,31)12-14-32/h2-10,15H,11-14,16H2,1H3. The van der Waals surface area contributed by atoms with Gasteiger partial charge < -0.3 is 9.64 Å². The highest BCUT2D eigenvalue weighted by molar-refractivity contribution is 6.31. The molecule has 0 saturated carbocycles. The molecule has 0 radical (unpaired) electrons. The molecule has 0 unspecified atom stereocenters. The Labute approximate surface area is 215 Å². The number of methoxy groups -OCH3 is 1. The highest BCUT2D eigenvalue weighted by Gasteiger charge is 2.34. The first-order valence-electron chi connectivity index (χ1n) is 11.7. The van der Waals surface area contributed by atoms with E-state index in [0.717, 1.165) is 5.69 Å². The van der Waals surface area contributed by atoms with E-state index in [1.165, 1.54) is 34.4 Å². The summed E-state index contributed by atoms with van der Waals surface area (Å²) in [6.45, 7) is 0.371. The molecule has 2 heterocycles. The van der Waals surface area contributed by atoms with Crippen LogP contribution in [0.3, 0.4) is 0 Å². The zero-order valence-corrected chi connectivity index (χ0v) is 20.6. The summed E-state index contributed by atoms with van der Waals surface area (Å²) in [4.78, 5) is 27.4. The molecule has 5 rings (SSSR count). The molecule has 1 aromatic heterocycles. The summed E-state index contributed by atoms with van der Waals surface area (Å²) in [6, 6.07) is 16.4. The molecule has 0 atom stereocenters. The molecule has 0 spiro atoms. The largest absolute Gasteiger partial charge is 0.465 e. The normalized spacial score (nSPS) is 15.2. The van der Waals surface area contributed by atoms with E-state index >= 15 is 4.39 Å². The van der Waals surface area contributed by atoms with Crippen LogP contribution >= 0.6 is 11.6 Å². The number of anilines is 1. The molecular weight excluding hydrogens is 507 g/mol. The number of benzene rings is 3. The number of piperidine rings is 1. The number of nitrogens with zero attached hydrogens (tertiary/aromatic N) is 3. The number of hydrogen-bond donors (Lipinski definition) is 0. The Kier molecular flexibility index (Phi) is 6.49. The van der Waals surface area contributed by atoms with Crippen molar-refractivity contribution in [3.63, 3.8) is 0 Å². The number of esters is 1. The van der Waals surface area contributed by atoms with Gasteiger partial charge in [-0.25, -0.2) is 22.8 Å². The lowest BCUT2D eigenvalue weighted by molar-refractivity contribution is -0.0220. The van der Waals surface area contributed by atoms with E-state index < -0.39 is 23.4 Å². The lowest BCUT2D eigenvalue weighted by Crippen LogP contribution is -2.39. The Morgan fingerprint density at radius 2 is 1.68 bits per heavy atom. The summed E-state index contributed by atoms with van der Waals surface area (Å²) < 4.78 is 49.7. The summed E-state index contributed by atoms with van der Waals surface area (Å²) in [5, 5.41) is 0.420. The Hall–Kier alpha value is -3.72. The molecule has 3 aromatic carbocycles. The van der Waals surface area contributed by atoms with Crippen molar-refractivity contribution in [2.75, 3.05) is 25.1 Å². The Morgan fingerprint density at radius 3 is 2.35 bits per heavy atom. The van der Waals surface area contributed by atoms with E-state index in [4.69, 9.17) is 11.6 Å². The number of alkyl halides is 2. The first kappa shape index (κ1) is 25.0. The maximum atomic E-state index is 15.1. The first-order chi connectivity index (χ1) is 17.7. The number of carbonyl (C=O) groups is 1. The van der Waals surface area contributed by atoms with Crippen LogP contribution in [0.5, 0.6) is 0 Å². The van der Waals surface area contributed by atoms with Crippen molar-refractivity contribution in [1.29, 1.82) is 0 Å². The van der Waals surface area contributed by atoms with Crippen molar-refractivity contribution >= 4 is 34.3 Å². The van der Waals surface area contributed by atoms with E-state index in [0.29, 0.717) is 21.7 Å². The van der Waals surface area contributed by atoms with Crippen molar-refractivity contribution in [3.05, 3.63) is 93.1 Å². The van der Waals surface area contributed by atoms with Gasteiger partial charge in [-0.1, -0.05) is 23.7 Å². The minimum Gasteiger partial charge on any atom is -0.465 e. The quantitative estimate of drug-likeness (QED) is 0.313. The molecule has 192 valence electrons. The van der Waals surface area contributed by atoms with Gasteiger partial charge in [-0.3, -0.25) is 9.13 Å². The van der Waals surface area contributed by atoms with Crippen LogP contribution < -0.4 is 10.6 Å². The number of ether oxygens (including phenoxy) is 1. The molecule has 0 N–H and O–H groups in total. The second-order valence-corrected chi connectivity index (χ2v) is 9.40. The molecule has 6 nitrogen and oxygen atoms in total. The molecule has 0 aliphatic carbocycles. The smallest absolute Gasteiger partial charge is 0.340 e. The van der Waals surface area contributed by atoms with Gasteiger partial charge in [0.05, 0.1) is 35.9 Å². The van der Waals surface area contributed by atoms with Gasteiger partial charge in [-0.05, 0) is 48.5 Å². The topological polar surface area (TPSA) is 56.5 Å². The number of rotatable bonds is 5. The fourth-order valence-corrected chi connectivity index (χ4v) is 4.84. The molecule has 1 aliphatic heterocycles. The van der Waals surface area contributed by atoms with Crippen LogP contribution in [0.4, 0.5) is 18.9 Å². The fraction of sp³-hybridized carbons (Fsp3) is 0.259. The predicted molar refractivity (Wildman–Crippen MR) is 136 cm³/mol. The van der Waals surface area contributed by atoms with Crippen molar-refractivity contribution in [1.82, 2.24) is 9.13 Å². The van der Waals surface area contributed by atoms with E-state index in [2.05, 4.69) is 4.74 Å². The maximum absolute atomic E-state index is 15.1. The number of fused-ring (bicyclic) bond motifs is 1. The van der Waals surface area contributed by atoms with E-state index in [9.17, 15) is 18.4 Å². The summed E-state index contributed by atoms with van der Waals surface area (Å²) >= 11 is 6.24. The van der Waals surface area contributed by atoms with Gasteiger partial charge in [0.15, 0.2) is 0 Å². The lowest BCUT2D eigenvalue weighted by Gasteiger charge is -2.33. The van der Waals surface area contributed by atoms with Gasteiger partial charge in [-0.2, -0.15) is 0 Å². The molecule has 0 amide bonds. The van der Waals surface area contributed by atoms with E-state index in [-0.39, 0.29) is 43.6 Å². The first-order valence-corrected chi connectivity index (χ1v) is 12.1. The SMILES string of the molecule is COC(=O)c1cccc(Cn2c(=O)n(-c3ccc(N4CCC(F)(F)CC4)cc3)c3cc(Cl)ccc32)c1F. The van der Waals surface area contributed by atoms with Crippen LogP contribution in [-0.4, -0.2) is 41.2 Å². The van der Waals surface area contributed by atoms with E-state index in [1.807, 2.05) is 4.90 Å². The van der Waals surface area contributed by atoms with Crippen molar-refractivity contribution in [2.24, 2.45) is 0 Å². The van der Waals surface area contributed by atoms with Crippen LogP contribution in [0.15, 0.2) is 65.5 Å². The van der Waals surface area contributed by atoms with Crippen molar-refractivity contribution in [2.45, 2.75) is 25.3 Å². The van der Waals surface area contributed by atoms with Gasteiger partial charge in [0.2, 0.25) is 0 Å². The second-order valence-electron chi connectivity index (χ2n) is 8.97. The monoisotopic (exact) mass is 529 g/mol. The minimum atomic E-state index is -2.64. The van der Waals surface area contributed by atoms with Gasteiger partial charge in [0.25, 0.3) is 5.92 Å². The Morgan fingerprint density at radius 1 is 1.00 bits per heavy atom. The number of carbonyl (C=O) groups excluding carboxylic acids is 1. The number of aromatic nitrogens is 2. The molecular formula is C27H23ClF3N3O3. The highest BCUT2D eigenvalue weighted by Crippen LogP contribution is 2.31. The van der Waals surface area contributed by atoms with Crippen LogP contribution in [-0.2, 0) is 11.3 Å². The third-order valence-corrected chi connectivity index (χ3v) is 6.91. The van der Waals surface area contributed by atoms with Crippen molar-refractivity contribution < 1.29 is 22.7 Å². The van der Waals surface area contributed by atoms with Crippen LogP contribution in [0.1, 0.15) is 28.8 Å². The summed E-state index contributed by atoms with van der Waals surface area (Å²) in [5.74, 6) is -4.20. The Balaban J connectivity index is 1.54. The summed E-state index contributed by atoms with van der Waals surface area (Å²) in [5.41, 5.74) is 1.89. The maximum Gasteiger partial charge on any atom is 0.340 e. The van der Waals surface area contributed by atoms with Crippen LogP contribution in [0, 0.1) is 5.82 Å². The third-order valence-electron chi connectivity index (χ3n) is 6.67. The van der Waals surface area contributed by atoms with Gasteiger partial charge in [0.1, 0.15) is 5.82 Å². The zero-order chi connectivity index (χ0) is 26.3. The molecule has 1 fully saturated rings. The predicted octanol–water partition coefficient (Wildman–Crippen LogP) is 5.66. The van der Waals surface area contributed by atoms with Crippen molar-refractivity contribution in [3.8, 4) is 5.69 Å². The van der Waals surface area contributed by atoms with Crippen LogP contribution in [0.2, 0.25) is 5.02 Å². The van der Waals surface area contributed by atoms with Gasteiger partial charge in [0, 0.05) is 42.2 Å². The highest BCUT2D eigenvalue weighted by atomic mass is 35.5. The summed E-state index contributed by atoms with van der Waals surface area (Å²) in [6.07, 6.45) is -0.401. The molecule has 1 saturated heterocycles. The molecule has 37 heavy (non-hydrogen) atoms. The molecule has 0 bridgehead atoms. The molecule has 1 aliphatic rings.